The van der Waals surface area contributed by atoms with E-state index in [1.807, 2.05) is 51.1 Å². The Hall–Kier alpha value is -2.34. The van der Waals surface area contributed by atoms with E-state index in [0.29, 0.717) is 18.7 Å². The number of halogens is 1. The summed E-state index contributed by atoms with van der Waals surface area (Å²) < 4.78 is 13.0. The number of nitrogens with one attached hydrogen (secondary N) is 1. The van der Waals surface area contributed by atoms with Gasteiger partial charge in [0.15, 0.2) is 0 Å². The Morgan fingerprint density at radius 3 is 2.27 bits per heavy atom. The van der Waals surface area contributed by atoms with E-state index in [2.05, 4.69) is 5.32 Å². The van der Waals surface area contributed by atoms with Gasteiger partial charge < -0.3 is 10.2 Å². The van der Waals surface area contributed by atoms with Gasteiger partial charge in [0.25, 0.3) is 0 Å². The predicted molar refractivity (Wildman–Crippen MR) is 122 cm³/mol. The quantitative estimate of drug-likeness (QED) is 0.640. The van der Waals surface area contributed by atoms with Crippen molar-refractivity contribution in [3.8, 4) is 0 Å². The first-order valence-electron chi connectivity index (χ1n) is 10.1. The van der Waals surface area contributed by atoms with E-state index >= 15 is 0 Å². The first kappa shape index (κ1) is 23.9. The van der Waals surface area contributed by atoms with Crippen LogP contribution in [0.5, 0.6) is 0 Å². The van der Waals surface area contributed by atoms with Crippen LogP contribution in [0.15, 0.2) is 54.6 Å². The second-order valence-electron chi connectivity index (χ2n) is 8.36. The number of carbonyl (C=O) groups excluding carboxylic acids is 2. The van der Waals surface area contributed by atoms with Crippen molar-refractivity contribution >= 4 is 23.6 Å². The standard InChI is InChI=1S/C24H31FN2O2S/c1-18(23(29)26-24(2,3)4)27(15-14-19-8-6-5-7-9-19)22(28)17-30-16-20-10-12-21(25)13-11-20/h5-13,18H,14-17H2,1-4H3,(H,26,29)/t18-/m1/s1. The number of nitrogens with zero attached hydrogens (tertiary/aromatic N) is 1. The van der Waals surface area contributed by atoms with Crippen LogP contribution < -0.4 is 5.32 Å². The van der Waals surface area contributed by atoms with Crippen molar-refractivity contribution in [1.82, 2.24) is 10.2 Å². The second-order valence-corrected chi connectivity index (χ2v) is 9.34. The van der Waals surface area contributed by atoms with Crippen LogP contribution in [-0.2, 0) is 21.8 Å². The monoisotopic (exact) mass is 430 g/mol. The minimum atomic E-state index is -0.563. The molecular formula is C24H31FN2O2S. The highest BCUT2D eigenvalue weighted by atomic mass is 32.2. The number of amides is 2. The van der Waals surface area contributed by atoms with Crippen molar-refractivity contribution in [2.24, 2.45) is 0 Å². The molecule has 0 fully saturated rings. The molecule has 0 heterocycles. The third kappa shape index (κ3) is 8.19. The van der Waals surface area contributed by atoms with Crippen LogP contribution in [0.1, 0.15) is 38.8 Å². The Kier molecular flexibility index (Phi) is 8.90. The van der Waals surface area contributed by atoms with Crippen LogP contribution in [0, 0.1) is 5.82 Å². The molecule has 0 spiro atoms. The summed E-state index contributed by atoms with van der Waals surface area (Å²) in [4.78, 5) is 27.3. The predicted octanol–water partition coefficient (Wildman–Crippen LogP) is 4.43. The van der Waals surface area contributed by atoms with E-state index in [1.165, 1.54) is 23.9 Å². The van der Waals surface area contributed by atoms with Crippen molar-refractivity contribution in [3.63, 3.8) is 0 Å². The molecule has 0 saturated heterocycles. The van der Waals surface area contributed by atoms with Crippen molar-refractivity contribution in [2.45, 2.75) is 51.4 Å². The molecule has 0 aromatic heterocycles. The second kappa shape index (κ2) is 11.2. The summed E-state index contributed by atoms with van der Waals surface area (Å²) in [6.07, 6.45) is 0.683. The van der Waals surface area contributed by atoms with Crippen molar-refractivity contribution in [2.75, 3.05) is 12.3 Å². The molecule has 162 valence electrons. The number of benzene rings is 2. The lowest BCUT2D eigenvalue weighted by molar-refractivity contribution is -0.138. The van der Waals surface area contributed by atoms with E-state index in [-0.39, 0.29) is 28.9 Å². The average molecular weight is 431 g/mol. The molecule has 0 bridgehead atoms. The highest BCUT2D eigenvalue weighted by Crippen LogP contribution is 2.15. The molecule has 4 nitrogen and oxygen atoms in total. The number of thioether (sulfide) groups is 1. The Morgan fingerprint density at radius 1 is 1.03 bits per heavy atom. The number of hydrogen-bond donors (Lipinski definition) is 1. The van der Waals surface area contributed by atoms with Crippen LogP contribution in [0.3, 0.4) is 0 Å². The maximum Gasteiger partial charge on any atom is 0.242 e. The molecule has 2 amide bonds. The van der Waals surface area contributed by atoms with Gasteiger partial charge in [0.2, 0.25) is 11.8 Å². The minimum Gasteiger partial charge on any atom is -0.350 e. The lowest BCUT2D eigenvalue weighted by Crippen LogP contribution is -2.53. The van der Waals surface area contributed by atoms with Gasteiger partial charge in [0, 0.05) is 17.8 Å². The van der Waals surface area contributed by atoms with Gasteiger partial charge in [-0.15, -0.1) is 11.8 Å². The van der Waals surface area contributed by atoms with Gasteiger partial charge in [0.1, 0.15) is 11.9 Å². The van der Waals surface area contributed by atoms with Crippen LogP contribution in [0.4, 0.5) is 4.39 Å². The zero-order valence-electron chi connectivity index (χ0n) is 18.2. The van der Waals surface area contributed by atoms with Crippen LogP contribution in [0.25, 0.3) is 0 Å². The fourth-order valence-electron chi connectivity index (χ4n) is 2.96. The number of hydrogen-bond acceptors (Lipinski definition) is 3. The summed E-state index contributed by atoms with van der Waals surface area (Å²) in [6.45, 7) is 8.01. The van der Waals surface area contributed by atoms with Crippen LogP contribution in [-0.4, -0.2) is 40.6 Å². The smallest absolute Gasteiger partial charge is 0.242 e. The van der Waals surface area contributed by atoms with E-state index < -0.39 is 6.04 Å². The fourth-order valence-corrected chi connectivity index (χ4v) is 3.83. The van der Waals surface area contributed by atoms with E-state index in [4.69, 9.17) is 0 Å². The molecule has 0 aliphatic carbocycles. The zero-order valence-corrected chi connectivity index (χ0v) is 19.0. The molecule has 30 heavy (non-hydrogen) atoms. The Bertz CT molecular complexity index is 819. The summed E-state index contributed by atoms with van der Waals surface area (Å²) >= 11 is 1.47. The highest BCUT2D eigenvalue weighted by molar-refractivity contribution is 7.99. The maximum atomic E-state index is 13.0. The third-order valence-electron chi connectivity index (χ3n) is 4.56. The van der Waals surface area contributed by atoms with Gasteiger partial charge >= 0.3 is 0 Å². The summed E-state index contributed by atoms with van der Waals surface area (Å²) in [5.74, 6) is 0.369. The average Bonchev–Trinajstić information content (AvgIpc) is 2.69. The Labute approximate surface area is 183 Å². The van der Waals surface area contributed by atoms with E-state index in [1.54, 1.807) is 24.0 Å². The first-order chi connectivity index (χ1) is 14.2. The minimum absolute atomic E-state index is 0.0744. The van der Waals surface area contributed by atoms with Gasteiger partial charge in [-0.2, -0.15) is 0 Å². The van der Waals surface area contributed by atoms with Crippen LogP contribution in [0.2, 0.25) is 0 Å². The third-order valence-corrected chi connectivity index (χ3v) is 5.55. The molecule has 0 aliphatic rings. The van der Waals surface area contributed by atoms with Gasteiger partial charge in [-0.05, 0) is 57.4 Å². The molecule has 1 atom stereocenters. The molecule has 0 aliphatic heterocycles. The fraction of sp³-hybridized carbons (Fsp3) is 0.417. The summed E-state index contributed by atoms with van der Waals surface area (Å²) in [5.41, 5.74) is 1.72. The molecule has 1 N–H and O–H groups in total. The Morgan fingerprint density at radius 2 is 1.67 bits per heavy atom. The molecule has 0 saturated carbocycles. The number of carbonyl (C=O) groups is 2. The SMILES string of the molecule is C[C@H](C(=O)NC(C)(C)C)N(CCc1ccccc1)C(=O)CSCc1ccc(F)cc1. The normalized spacial score (nSPS) is 12.3. The number of rotatable bonds is 9. The highest BCUT2D eigenvalue weighted by Gasteiger charge is 2.27. The molecule has 2 aromatic rings. The first-order valence-corrected chi connectivity index (χ1v) is 11.3. The Balaban J connectivity index is 2.01. The summed E-state index contributed by atoms with van der Waals surface area (Å²) in [5, 5.41) is 2.96. The van der Waals surface area contributed by atoms with Crippen molar-refractivity contribution < 1.29 is 14.0 Å². The molecule has 2 aromatic carbocycles. The maximum absolute atomic E-state index is 13.0. The molecule has 0 radical (unpaired) electrons. The topological polar surface area (TPSA) is 49.4 Å². The van der Waals surface area contributed by atoms with Gasteiger partial charge in [0.05, 0.1) is 5.75 Å². The molecule has 0 unspecified atom stereocenters. The van der Waals surface area contributed by atoms with Crippen LogP contribution >= 0.6 is 11.8 Å². The van der Waals surface area contributed by atoms with Crippen molar-refractivity contribution in [3.05, 3.63) is 71.5 Å². The van der Waals surface area contributed by atoms with Gasteiger partial charge in [-0.3, -0.25) is 9.59 Å². The zero-order chi connectivity index (χ0) is 22.1. The van der Waals surface area contributed by atoms with Gasteiger partial charge in [-0.25, -0.2) is 4.39 Å². The van der Waals surface area contributed by atoms with E-state index in [0.717, 1.165) is 11.1 Å². The van der Waals surface area contributed by atoms with E-state index in [9.17, 15) is 14.0 Å². The summed E-state index contributed by atoms with van der Waals surface area (Å²) in [6, 6.07) is 15.7. The molecular weight excluding hydrogens is 399 g/mol. The molecule has 6 heteroatoms. The summed E-state index contributed by atoms with van der Waals surface area (Å²) in [7, 11) is 0. The lowest BCUT2D eigenvalue weighted by atomic mass is 10.1. The largest absolute Gasteiger partial charge is 0.350 e. The lowest BCUT2D eigenvalue weighted by Gasteiger charge is -2.31. The van der Waals surface area contributed by atoms with Gasteiger partial charge in [-0.1, -0.05) is 42.5 Å². The molecule has 2 rings (SSSR count). The van der Waals surface area contributed by atoms with Crippen molar-refractivity contribution in [1.29, 1.82) is 0 Å².